The van der Waals surface area contributed by atoms with E-state index in [-0.39, 0.29) is 5.82 Å². The van der Waals surface area contributed by atoms with Gasteiger partial charge in [0.1, 0.15) is 5.82 Å². The van der Waals surface area contributed by atoms with Gasteiger partial charge in [0, 0.05) is 32.6 Å². The molecule has 1 saturated heterocycles. The molecule has 5 nitrogen and oxygen atoms in total. The number of rotatable bonds is 4. The van der Waals surface area contributed by atoms with E-state index < -0.39 is 0 Å². The van der Waals surface area contributed by atoms with Gasteiger partial charge in [0.15, 0.2) is 0 Å². The molecule has 0 amide bonds. The Morgan fingerprint density at radius 3 is 2.48 bits per heavy atom. The standard InChI is InChI=1S/C15H19FN4O/c1-2-14-17-18-15(21-14)11-19-7-9-20(10-8-19)13-6-4-3-5-12(13)16/h3-6H,2,7-11H2,1H3. The first-order chi connectivity index (χ1) is 10.3. The summed E-state index contributed by atoms with van der Waals surface area (Å²) in [5.41, 5.74) is 0.684. The smallest absolute Gasteiger partial charge is 0.230 e. The van der Waals surface area contributed by atoms with E-state index in [1.807, 2.05) is 19.1 Å². The number of hydrogen-bond acceptors (Lipinski definition) is 5. The van der Waals surface area contributed by atoms with E-state index in [9.17, 15) is 4.39 Å². The molecule has 0 atom stereocenters. The second-order valence-electron chi connectivity index (χ2n) is 5.16. The Morgan fingerprint density at radius 1 is 1.10 bits per heavy atom. The molecule has 0 N–H and O–H groups in total. The maximum Gasteiger partial charge on any atom is 0.230 e. The fourth-order valence-electron chi connectivity index (χ4n) is 2.54. The van der Waals surface area contributed by atoms with E-state index in [4.69, 9.17) is 4.42 Å². The molecule has 0 bridgehead atoms. The van der Waals surface area contributed by atoms with E-state index in [2.05, 4.69) is 20.0 Å². The molecular weight excluding hydrogens is 271 g/mol. The van der Waals surface area contributed by atoms with Crippen LogP contribution >= 0.6 is 0 Å². The molecule has 112 valence electrons. The van der Waals surface area contributed by atoms with Gasteiger partial charge in [0.25, 0.3) is 0 Å². The zero-order valence-electron chi connectivity index (χ0n) is 12.1. The molecule has 1 aromatic heterocycles. The van der Waals surface area contributed by atoms with Crippen LogP contribution in [0.5, 0.6) is 0 Å². The highest BCUT2D eigenvalue weighted by Gasteiger charge is 2.20. The quantitative estimate of drug-likeness (QED) is 0.863. The van der Waals surface area contributed by atoms with E-state index >= 15 is 0 Å². The van der Waals surface area contributed by atoms with Crippen molar-refractivity contribution in [1.82, 2.24) is 15.1 Å². The molecule has 1 aliphatic heterocycles. The lowest BCUT2D eigenvalue weighted by atomic mass is 10.2. The van der Waals surface area contributed by atoms with Crippen molar-refractivity contribution in [2.75, 3.05) is 31.1 Å². The molecule has 0 unspecified atom stereocenters. The number of anilines is 1. The first kappa shape index (κ1) is 14.0. The van der Waals surface area contributed by atoms with Crippen LogP contribution in [-0.2, 0) is 13.0 Å². The summed E-state index contributed by atoms with van der Waals surface area (Å²) >= 11 is 0. The Morgan fingerprint density at radius 2 is 1.81 bits per heavy atom. The maximum atomic E-state index is 13.8. The number of aromatic nitrogens is 2. The van der Waals surface area contributed by atoms with Gasteiger partial charge in [0.2, 0.25) is 11.8 Å². The zero-order chi connectivity index (χ0) is 14.7. The summed E-state index contributed by atoms with van der Waals surface area (Å²) in [6, 6.07) is 6.93. The van der Waals surface area contributed by atoms with Crippen LogP contribution in [0.25, 0.3) is 0 Å². The van der Waals surface area contributed by atoms with Gasteiger partial charge in [-0.2, -0.15) is 0 Å². The van der Waals surface area contributed by atoms with Gasteiger partial charge in [-0.15, -0.1) is 10.2 Å². The third-order valence-electron chi connectivity index (χ3n) is 3.74. The third kappa shape index (κ3) is 3.21. The molecular formula is C15H19FN4O. The highest BCUT2D eigenvalue weighted by atomic mass is 19.1. The molecule has 6 heteroatoms. The van der Waals surface area contributed by atoms with Gasteiger partial charge < -0.3 is 9.32 Å². The average molecular weight is 290 g/mol. The molecule has 2 heterocycles. The van der Waals surface area contributed by atoms with Gasteiger partial charge in [0.05, 0.1) is 12.2 Å². The van der Waals surface area contributed by atoms with Crippen molar-refractivity contribution in [3.05, 3.63) is 41.9 Å². The van der Waals surface area contributed by atoms with Crippen LogP contribution in [0.2, 0.25) is 0 Å². The number of hydrogen-bond donors (Lipinski definition) is 0. The number of para-hydroxylation sites is 1. The summed E-state index contributed by atoms with van der Waals surface area (Å²) in [6.07, 6.45) is 0.758. The highest BCUT2D eigenvalue weighted by Crippen LogP contribution is 2.20. The summed E-state index contributed by atoms with van der Waals surface area (Å²) in [4.78, 5) is 4.33. The summed E-state index contributed by atoms with van der Waals surface area (Å²) in [6.45, 7) is 5.98. The molecule has 2 aromatic rings. The van der Waals surface area contributed by atoms with Crippen molar-refractivity contribution in [3.8, 4) is 0 Å². The Kier molecular flexibility index (Phi) is 4.15. The van der Waals surface area contributed by atoms with Crippen molar-refractivity contribution in [1.29, 1.82) is 0 Å². The number of piperazine rings is 1. The maximum absolute atomic E-state index is 13.8. The molecule has 1 fully saturated rings. The normalized spacial score (nSPS) is 16.4. The number of nitrogens with zero attached hydrogens (tertiary/aromatic N) is 4. The molecule has 0 saturated carbocycles. The second-order valence-corrected chi connectivity index (χ2v) is 5.16. The van der Waals surface area contributed by atoms with Gasteiger partial charge in [-0.1, -0.05) is 19.1 Å². The minimum Gasteiger partial charge on any atom is -0.424 e. The van der Waals surface area contributed by atoms with E-state index in [1.165, 1.54) is 6.07 Å². The fraction of sp³-hybridized carbons (Fsp3) is 0.467. The van der Waals surface area contributed by atoms with E-state index in [0.717, 1.165) is 32.6 Å². The van der Waals surface area contributed by atoms with Crippen molar-refractivity contribution in [2.24, 2.45) is 0 Å². The van der Waals surface area contributed by atoms with Crippen LogP contribution in [0.15, 0.2) is 28.7 Å². The second kappa shape index (κ2) is 6.22. The lowest BCUT2D eigenvalue weighted by molar-refractivity contribution is 0.224. The highest BCUT2D eigenvalue weighted by molar-refractivity contribution is 5.47. The van der Waals surface area contributed by atoms with Crippen LogP contribution in [-0.4, -0.2) is 41.3 Å². The Bertz CT molecular complexity index is 593. The van der Waals surface area contributed by atoms with Crippen LogP contribution < -0.4 is 4.90 Å². The van der Waals surface area contributed by atoms with Crippen molar-refractivity contribution in [2.45, 2.75) is 19.9 Å². The van der Waals surface area contributed by atoms with Gasteiger partial charge in [-0.05, 0) is 12.1 Å². The van der Waals surface area contributed by atoms with Gasteiger partial charge in [-0.25, -0.2) is 4.39 Å². The lowest BCUT2D eigenvalue weighted by Crippen LogP contribution is -2.46. The van der Waals surface area contributed by atoms with Crippen molar-refractivity contribution < 1.29 is 8.81 Å². The topological polar surface area (TPSA) is 45.4 Å². The molecule has 0 radical (unpaired) electrons. The number of aryl methyl sites for hydroxylation is 1. The Balaban J connectivity index is 1.56. The number of halogens is 1. The zero-order valence-corrected chi connectivity index (χ0v) is 12.1. The minimum atomic E-state index is -0.157. The molecule has 0 spiro atoms. The van der Waals surface area contributed by atoms with Crippen LogP contribution in [0.1, 0.15) is 18.7 Å². The molecule has 1 aliphatic rings. The Hall–Kier alpha value is -1.95. The summed E-state index contributed by atoms with van der Waals surface area (Å²) in [5.74, 6) is 1.18. The first-order valence-electron chi connectivity index (χ1n) is 7.29. The SMILES string of the molecule is CCc1nnc(CN2CCN(c3ccccc3F)CC2)o1. The first-order valence-corrected chi connectivity index (χ1v) is 7.29. The summed E-state index contributed by atoms with van der Waals surface area (Å²) in [7, 11) is 0. The largest absolute Gasteiger partial charge is 0.424 e. The Labute approximate surface area is 123 Å². The van der Waals surface area contributed by atoms with Crippen LogP contribution in [0.3, 0.4) is 0 Å². The predicted octanol–water partition coefficient (Wildman–Crippen LogP) is 2.09. The number of benzene rings is 1. The van der Waals surface area contributed by atoms with Crippen LogP contribution in [0, 0.1) is 5.82 Å². The summed E-state index contributed by atoms with van der Waals surface area (Å²) < 4.78 is 19.3. The summed E-state index contributed by atoms with van der Waals surface area (Å²) in [5, 5.41) is 8.01. The lowest BCUT2D eigenvalue weighted by Gasteiger charge is -2.35. The fourth-order valence-corrected chi connectivity index (χ4v) is 2.54. The molecule has 3 rings (SSSR count). The van der Waals surface area contributed by atoms with Crippen molar-refractivity contribution >= 4 is 5.69 Å². The van der Waals surface area contributed by atoms with Crippen molar-refractivity contribution in [3.63, 3.8) is 0 Å². The van der Waals surface area contributed by atoms with Gasteiger partial charge in [-0.3, -0.25) is 4.90 Å². The minimum absolute atomic E-state index is 0.157. The average Bonchev–Trinajstić information content (AvgIpc) is 2.96. The molecule has 21 heavy (non-hydrogen) atoms. The monoisotopic (exact) mass is 290 g/mol. The van der Waals surface area contributed by atoms with E-state index in [1.54, 1.807) is 6.07 Å². The molecule has 0 aliphatic carbocycles. The van der Waals surface area contributed by atoms with Gasteiger partial charge >= 0.3 is 0 Å². The van der Waals surface area contributed by atoms with Crippen LogP contribution in [0.4, 0.5) is 10.1 Å². The molecule has 1 aromatic carbocycles. The third-order valence-corrected chi connectivity index (χ3v) is 3.74. The predicted molar refractivity (Wildman–Crippen MR) is 77.6 cm³/mol. The van der Waals surface area contributed by atoms with E-state index in [0.29, 0.717) is 24.0 Å².